The highest BCUT2D eigenvalue weighted by atomic mass is 16.1. The van der Waals surface area contributed by atoms with Crippen molar-refractivity contribution in [3.8, 4) is 0 Å². The maximum atomic E-state index is 12.2. The van der Waals surface area contributed by atoms with Crippen molar-refractivity contribution in [1.82, 2.24) is 19.6 Å². The molecule has 0 unspecified atom stereocenters. The van der Waals surface area contributed by atoms with E-state index in [2.05, 4.69) is 22.0 Å². The quantitative estimate of drug-likeness (QED) is 0.775. The number of hydrogen-bond donors (Lipinski definition) is 2. The van der Waals surface area contributed by atoms with E-state index in [4.69, 9.17) is 5.73 Å². The molecular formula is C11H17N5O. The minimum atomic E-state index is -0.0900. The molecule has 0 atom stereocenters. The predicted molar refractivity (Wildman–Crippen MR) is 66.0 cm³/mol. The lowest BCUT2D eigenvalue weighted by Crippen LogP contribution is -2.22. The minimum Gasteiger partial charge on any atom is -0.368 e. The molecule has 0 fully saturated rings. The van der Waals surface area contributed by atoms with Crippen LogP contribution in [0.3, 0.4) is 0 Å². The summed E-state index contributed by atoms with van der Waals surface area (Å²) in [4.78, 5) is 20.4. The number of fused-ring (bicyclic) bond motifs is 1. The van der Waals surface area contributed by atoms with Gasteiger partial charge in [0, 0.05) is 5.56 Å². The van der Waals surface area contributed by atoms with Crippen LogP contribution in [0.5, 0.6) is 0 Å². The molecule has 0 amide bonds. The maximum absolute atomic E-state index is 12.2. The van der Waals surface area contributed by atoms with Gasteiger partial charge in [0.2, 0.25) is 5.95 Å². The zero-order chi connectivity index (χ0) is 12.4. The van der Waals surface area contributed by atoms with Gasteiger partial charge in [0.15, 0.2) is 0 Å². The normalized spacial score (nSPS) is 11.2. The van der Waals surface area contributed by atoms with Crippen molar-refractivity contribution in [2.75, 3.05) is 5.73 Å². The molecule has 2 rings (SSSR count). The van der Waals surface area contributed by atoms with Crippen LogP contribution in [0.2, 0.25) is 0 Å². The first-order valence-electron chi connectivity index (χ1n) is 5.87. The zero-order valence-electron chi connectivity index (χ0n) is 10.2. The summed E-state index contributed by atoms with van der Waals surface area (Å²) < 4.78 is 1.31. The second-order valence-electron chi connectivity index (χ2n) is 4.18. The number of aromatic nitrogens is 4. The first kappa shape index (κ1) is 11.6. The molecule has 0 aliphatic carbocycles. The number of aromatic amines is 1. The molecule has 0 spiro atoms. The molecule has 6 nitrogen and oxygen atoms in total. The summed E-state index contributed by atoms with van der Waals surface area (Å²) in [7, 11) is 0. The van der Waals surface area contributed by atoms with Gasteiger partial charge in [-0.2, -0.15) is 9.50 Å². The number of nitrogens with zero attached hydrogens (tertiary/aromatic N) is 3. The second kappa shape index (κ2) is 4.57. The molecule has 3 N–H and O–H groups in total. The van der Waals surface area contributed by atoms with E-state index in [9.17, 15) is 4.79 Å². The standard InChI is InChI=1S/C11H17N5O/c1-3-4-5-6-8-7(2)13-11-14-10(12)15-16(11)9(8)17/h3-6H2,1-2H3,(H3,12,13,14,15). The molecule has 0 aliphatic rings. The fraction of sp³-hybridized carbons (Fsp3) is 0.545. The Morgan fingerprint density at radius 2 is 2.12 bits per heavy atom. The summed E-state index contributed by atoms with van der Waals surface area (Å²) in [5, 5.41) is 2.69. The number of H-pyrrole nitrogens is 1. The SMILES string of the molecule is CCCCCc1c(C)nc2nc(N)[nH]n2c1=O. The molecule has 0 aromatic carbocycles. The third-order valence-electron chi connectivity index (χ3n) is 2.84. The smallest absolute Gasteiger partial charge is 0.277 e. The van der Waals surface area contributed by atoms with Crippen molar-refractivity contribution in [3.63, 3.8) is 0 Å². The van der Waals surface area contributed by atoms with Gasteiger partial charge >= 0.3 is 0 Å². The lowest BCUT2D eigenvalue weighted by atomic mass is 10.1. The van der Waals surface area contributed by atoms with Gasteiger partial charge in [0.05, 0.1) is 5.69 Å². The average molecular weight is 235 g/mol. The Balaban J connectivity index is 2.44. The maximum Gasteiger partial charge on any atom is 0.277 e. The Kier molecular flexibility index (Phi) is 3.12. The first-order valence-corrected chi connectivity index (χ1v) is 5.87. The first-order chi connectivity index (χ1) is 8.13. The van der Waals surface area contributed by atoms with Crippen LogP contribution in [0.1, 0.15) is 37.4 Å². The van der Waals surface area contributed by atoms with Crippen LogP contribution in [0.25, 0.3) is 5.78 Å². The molecule has 0 bridgehead atoms. The second-order valence-corrected chi connectivity index (χ2v) is 4.18. The largest absolute Gasteiger partial charge is 0.368 e. The Morgan fingerprint density at radius 3 is 2.82 bits per heavy atom. The molecule has 6 heteroatoms. The van der Waals surface area contributed by atoms with Crippen molar-refractivity contribution < 1.29 is 0 Å². The van der Waals surface area contributed by atoms with Gasteiger partial charge in [0.25, 0.3) is 11.3 Å². The highest BCUT2D eigenvalue weighted by molar-refractivity contribution is 5.36. The van der Waals surface area contributed by atoms with Crippen LogP contribution < -0.4 is 11.3 Å². The van der Waals surface area contributed by atoms with E-state index in [0.29, 0.717) is 5.78 Å². The van der Waals surface area contributed by atoms with Gasteiger partial charge in [-0.15, -0.1) is 0 Å². The minimum absolute atomic E-state index is 0.0900. The summed E-state index contributed by atoms with van der Waals surface area (Å²) in [6.07, 6.45) is 4.01. The molecule has 2 aromatic heterocycles. The third-order valence-corrected chi connectivity index (χ3v) is 2.84. The Labute approximate surface area is 98.9 Å². The predicted octanol–water partition coefficient (Wildman–Crippen LogP) is 1.04. The summed E-state index contributed by atoms with van der Waals surface area (Å²) in [6.45, 7) is 3.98. The van der Waals surface area contributed by atoms with Crippen LogP contribution in [-0.4, -0.2) is 19.6 Å². The number of nitrogens with one attached hydrogen (secondary N) is 1. The van der Waals surface area contributed by atoms with E-state index < -0.39 is 0 Å². The number of nitrogen functional groups attached to an aromatic ring is 1. The van der Waals surface area contributed by atoms with Crippen molar-refractivity contribution in [2.45, 2.75) is 39.5 Å². The highest BCUT2D eigenvalue weighted by Crippen LogP contribution is 2.07. The fourth-order valence-corrected chi connectivity index (χ4v) is 1.91. The summed E-state index contributed by atoms with van der Waals surface area (Å²) >= 11 is 0. The highest BCUT2D eigenvalue weighted by Gasteiger charge is 2.11. The Hall–Kier alpha value is -1.85. The molecule has 17 heavy (non-hydrogen) atoms. The van der Waals surface area contributed by atoms with E-state index in [1.54, 1.807) is 0 Å². The molecule has 2 aromatic rings. The van der Waals surface area contributed by atoms with Crippen molar-refractivity contribution in [1.29, 1.82) is 0 Å². The van der Waals surface area contributed by atoms with E-state index in [1.807, 2.05) is 6.92 Å². The number of nitrogens with two attached hydrogens (primary N) is 1. The van der Waals surface area contributed by atoms with Crippen molar-refractivity contribution >= 4 is 11.7 Å². The van der Waals surface area contributed by atoms with Gasteiger partial charge in [-0.1, -0.05) is 19.8 Å². The van der Waals surface area contributed by atoms with Crippen LogP contribution in [0, 0.1) is 6.92 Å². The topological polar surface area (TPSA) is 89.1 Å². The number of unbranched alkanes of at least 4 members (excludes halogenated alkanes) is 2. The fourth-order valence-electron chi connectivity index (χ4n) is 1.91. The van der Waals surface area contributed by atoms with E-state index >= 15 is 0 Å². The lowest BCUT2D eigenvalue weighted by Gasteiger charge is -2.03. The van der Waals surface area contributed by atoms with Crippen LogP contribution in [-0.2, 0) is 6.42 Å². The summed E-state index contributed by atoms with van der Waals surface area (Å²) in [5.74, 6) is 0.545. The van der Waals surface area contributed by atoms with Gasteiger partial charge < -0.3 is 5.73 Å². The molecule has 0 radical (unpaired) electrons. The summed E-state index contributed by atoms with van der Waals surface area (Å²) in [6, 6.07) is 0. The molecule has 2 heterocycles. The molecular weight excluding hydrogens is 218 g/mol. The van der Waals surface area contributed by atoms with Crippen molar-refractivity contribution in [2.24, 2.45) is 0 Å². The molecule has 0 saturated carbocycles. The van der Waals surface area contributed by atoms with E-state index in [1.165, 1.54) is 4.52 Å². The van der Waals surface area contributed by atoms with Crippen LogP contribution >= 0.6 is 0 Å². The van der Waals surface area contributed by atoms with E-state index in [-0.39, 0.29) is 11.5 Å². The summed E-state index contributed by atoms with van der Waals surface area (Å²) in [5.41, 5.74) is 6.92. The van der Waals surface area contributed by atoms with Crippen LogP contribution in [0.15, 0.2) is 4.79 Å². The number of aryl methyl sites for hydroxylation is 1. The average Bonchev–Trinajstić information content (AvgIpc) is 2.64. The number of hydrogen-bond acceptors (Lipinski definition) is 4. The molecule has 0 aliphatic heterocycles. The molecule has 92 valence electrons. The Morgan fingerprint density at radius 1 is 1.35 bits per heavy atom. The van der Waals surface area contributed by atoms with Gasteiger partial charge in [0.1, 0.15) is 0 Å². The third kappa shape index (κ3) is 2.15. The lowest BCUT2D eigenvalue weighted by molar-refractivity contribution is 0.702. The number of rotatable bonds is 4. The number of anilines is 1. The van der Waals surface area contributed by atoms with Crippen LogP contribution in [0.4, 0.5) is 5.95 Å². The van der Waals surface area contributed by atoms with E-state index in [0.717, 1.165) is 36.9 Å². The van der Waals surface area contributed by atoms with Crippen molar-refractivity contribution in [3.05, 3.63) is 21.6 Å². The van der Waals surface area contributed by atoms with Gasteiger partial charge in [-0.25, -0.2) is 4.98 Å². The Bertz CT molecular complexity index is 583. The monoisotopic (exact) mass is 235 g/mol. The van der Waals surface area contributed by atoms with Gasteiger partial charge in [-0.05, 0) is 19.8 Å². The zero-order valence-corrected chi connectivity index (χ0v) is 10.2. The van der Waals surface area contributed by atoms with Gasteiger partial charge in [-0.3, -0.25) is 9.89 Å². The molecule has 0 saturated heterocycles.